The van der Waals surface area contributed by atoms with Crippen LogP contribution in [0.4, 0.5) is 0 Å². The Kier molecular flexibility index (Phi) is 6.25. The highest BCUT2D eigenvalue weighted by atomic mass is 32.2. The van der Waals surface area contributed by atoms with E-state index in [0.29, 0.717) is 17.8 Å². The van der Waals surface area contributed by atoms with Gasteiger partial charge in [0.15, 0.2) is 15.9 Å². The molecule has 0 saturated carbocycles. The van der Waals surface area contributed by atoms with Gasteiger partial charge in [0.1, 0.15) is 4.88 Å². The molecule has 0 aromatic carbocycles. The molecular weight excluding hydrogens is 386 g/mol. The Morgan fingerprint density at radius 3 is 2.70 bits per heavy atom. The Morgan fingerprint density at radius 1 is 1.30 bits per heavy atom. The number of likely N-dealkylation sites (N-methyl/N-ethyl adjacent to an activating group) is 1. The summed E-state index contributed by atoms with van der Waals surface area (Å²) in [5, 5.41) is 0. The highest BCUT2D eigenvalue weighted by molar-refractivity contribution is 7.91. The quantitative estimate of drug-likeness (QED) is 0.547. The van der Waals surface area contributed by atoms with Gasteiger partial charge in [0.25, 0.3) is 5.91 Å². The fraction of sp³-hybridized carbons (Fsp3) is 0.684. The van der Waals surface area contributed by atoms with Crippen molar-refractivity contribution < 1.29 is 22.7 Å². The molecule has 2 atom stereocenters. The van der Waals surface area contributed by atoms with Crippen LogP contribution in [0.25, 0.3) is 0 Å². The van der Waals surface area contributed by atoms with Crippen LogP contribution in [-0.2, 0) is 32.2 Å². The first-order chi connectivity index (χ1) is 12.8. The first-order valence-corrected chi connectivity index (χ1v) is 12.3. The molecule has 1 fully saturated rings. The van der Waals surface area contributed by atoms with Crippen molar-refractivity contribution in [3.05, 3.63) is 21.4 Å². The minimum atomic E-state index is -3.08. The third-order valence-corrected chi connectivity index (χ3v) is 8.32. The monoisotopic (exact) mass is 413 g/mol. The van der Waals surface area contributed by atoms with Gasteiger partial charge >= 0.3 is 5.97 Å². The smallest absolute Gasteiger partial charge is 0.349 e. The molecule has 6 nitrogen and oxygen atoms in total. The average Bonchev–Trinajstić information content (AvgIpc) is 3.11. The fourth-order valence-corrected chi connectivity index (χ4v) is 6.75. The summed E-state index contributed by atoms with van der Waals surface area (Å²) in [5.41, 5.74) is 1.23. The number of hydrogen-bond donors (Lipinski definition) is 0. The highest BCUT2D eigenvalue weighted by Gasteiger charge is 2.36. The second kappa shape index (κ2) is 8.31. The van der Waals surface area contributed by atoms with E-state index in [1.807, 2.05) is 13.0 Å². The first-order valence-electron chi connectivity index (χ1n) is 9.64. The summed E-state index contributed by atoms with van der Waals surface area (Å²) in [7, 11) is -3.08. The second-order valence-corrected chi connectivity index (χ2v) is 10.7. The number of nitrogens with zero attached hydrogens (tertiary/aromatic N) is 1. The molecule has 27 heavy (non-hydrogen) atoms. The van der Waals surface area contributed by atoms with Gasteiger partial charge in [-0.05, 0) is 57.6 Å². The lowest BCUT2D eigenvalue weighted by Crippen LogP contribution is -2.46. The van der Waals surface area contributed by atoms with Crippen LogP contribution in [0.1, 0.15) is 59.6 Å². The highest BCUT2D eigenvalue weighted by Crippen LogP contribution is 2.29. The number of ether oxygens (including phenoxy) is 1. The number of hydrogen-bond acceptors (Lipinski definition) is 6. The molecule has 0 unspecified atom stereocenters. The van der Waals surface area contributed by atoms with E-state index in [9.17, 15) is 18.0 Å². The summed E-state index contributed by atoms with van der Waals surface area (Å²) in [6.45, 7) is 3.77. The van der Waals surface area contributed by atoms with Crippen molar-refractivity contribution in [3.63, 3.8) is 0 Å². The number of aryl methyl sites for hydroxylation is 2. The van der Waals surface area contributed by atoms with Crippen LogP contribution in [-0.4, -0.2) is 55.4 Å². The standard InChI is InChI=1S/C19H27NO5S2/c1-3-20(15-9-10-27(23,24)12-15)18(21)13(2)25-19(22)17-11-14-7-5-4-6-8-16(14)26-17/h11,13,15H,3-10,12H2,1-2H3/t13-,15+/m0/s1. The topological polar surface area (TPSA) is 80.8 Å². The van der Waals surface area contributed by atoms with Gasteiger partial charge in [0.2, 0.25) is 0 Å². The molecule has 1 saturated heterocycles. The van der Waals surface area contributed by atoms with E-state index in [1.165, 1.54) is 33.1 Å². The average molecular weight is 414 g/mol. The fourth-order valence-electron chi connectivity index (χ4n) is 3.89. The van der Waals surface area contributed by atoms with Crippen LogP contribution >= 0.6 is 11.3 Å². The second-order valence-electron chi connectivity index (χ2n) is 7.35. The minimum Gasteiger partial charge on any atom is -0.448 e. The molecule has 0 radical (unpaired) electrons. The predicted molar refractivity (Wildman–Crippen MR) is 105 cm³/mol. The lowest BCUT2D eigenvalue weighted by atomic mass is 10.1. The number of thiophene rings is 1. The predicted octanol–water partition coefficient (Wildman–Crippen LogP) is 2.60. The number of carbonyl (C=O) groups excluding carboxylic acids is 2. The molecule has 0 N–H and O–H groups in total. The zero-order valence-corrected chi connectivity index (χ0v) is 17.5. The number of esters is 1. The molecule has 1 aliphatic carbocycles. The number of fused-ring (bicyclic) bond motifs is 1. The molecule has 3 rings (SSSR count). The number of rotatable bonds is 5. The molecule has 8 heteroatoms. The Hall–Kier alpha value is -1.41. The summed E-state index contributed by atoms with van der Waals surface area (Å²) < 4.78 is 28.9. The van der Waals surface area contributed by atoms with E-state index in [0.717, 1.165) is 25.7 Å². The van der Waals surface area contributed by atoms with Gasteiger partial charge in [0.05, 0.1) is 11.5 Å². The van der Waals surface area contributed by atoms with E-state index in [2.05, 4.69) is 0 Å². The summed E-state index contributed by atoms with van der Waals surface area (Å²) in [6.07, 6.45) is 5.02. The summed E-state index contributed by atoms with van der Waals surface area (Å²) in [6, 6.07) is 1.58. The summed E-state index contributed by atoms with van der Waals surface area (Å²) in [5.74, 6) is -0.698. The molecule has 150 valence electrons. The maximum atomic E-state index is 12.7. The summed E-state index contributed by atoms with van der Waals surface area (Å²) >= 11 is 1.47. The van der Waals surface area contributed by atoms with E-state index in [4.69, 9.17) is 4.74 Å². The van der Waals surface area contributed by atoms with Gasteiger partial charge in [-0.3, -0.25) is 4.79 Å². The van der Waals surface area contributed by atoms with E-state index in [1.54, 1.807) is 6.92 Å². The molecule has 2 aliphatic rings. The van der Waals surface area contributed by atoms with Crippen LogP contribution < -0.4 is 0 Å². The van der Waals surface area contributed by atoms with Gasteiger partial charge in [0, 0.05) is 17.5 Å². The van der Waals surface area contributed by atoms with Gasteiger partial charge in [-0.1, -0.05) is 6.42 Å². The van der Waals surface area contributed by atoms with E-state index in [-0.39, 0.29) is 23.5 Å². The van der Waals surface area contributed by atoms with Crippen molar-refractivity contribution in [2.24, 2.45) is 0 Å². The van der Waals surface area contributed by atoms with Crippen LogP contribution in [0.2, 0.25) is 0 Å². The normalized spacial score (nSPS) is 22.5. The Bertz CT molecular complexity index is 791. The number of sulfone groups is 1. The SMILES string of the molecule is CCN(C(=O)[C@H](C)OC(=O)c1cc2c(s1)CCCCC2)[C@@H]1CCS(=O)(=O)C1. The van der Waals surface area contributed by atoms with Crippen molar-refractivity contribution in [1.29, 1.82) is 0 Å². The zero-order chi connectivity index (χ0) is 19.6. The maximum absolute atomic E-state index is 12.7. The summed E-state index contributed by atoms with van der Waals surface area (Å²) in [4.78, 5) is 28.6. The van der Waals surface area contributed by atoms with Crippen molar-refractivity contribution in [1.82, 2.24) is 4.90 Å². The van der Waals surface area contributed by atoms with Gasteiger partial charge < -0.3 is 9.64 Å². The van der Waals surface area contributed by atoms with Crippen molar-refractivity contribution in [3.8, 4) is 0 Å². The Labute approximate surface area is 164 Å². The van der Waals surface area contributed by atoms with Crippen molar-refractivity contribution in [2.75, 3.05) is 18.1 Å². The minimum absolute atomic E-state index is 0.00904. The van der Waals surface area contributed by atoms with Crippen LogP contribution in [0, 0.1) is 0 Å². The van der Waals surface area contributed by atoms with E-state index < -0.39 is 21.9 Å². The molecule has 1 amide bonds. The van der Waals surface area contributed by atoms with Crippen molar-refractivity contribution in [2.45, 2.75) is 64.5 Å². The largest absolute Gasteiger partial charge is 0.448 e. The third-order valence-electron chi connectivity index (χ3n) is 5.35. The Balaban J connectivity index is 1.64. The third kappa shape index (κ3) is 4.71. The molecular formula is C19H27NO5S2. The van der Waals surface area contributed by atoms with Crippen LogP contribution in [0.3, 0.4) is 0 Å². The Morgan fingerprint density at radius 2 is 2.04 bits per heavy atom. The zero-order valence-electron chi connectivity index (χ0n) is 15.9. The molecule has 0 bridgehead atoms. The number of amides is 1. The maximum Gasteiger partial charge on any atom is 0.349 e. The number of carbonyl (C=O) groups is 2. The van der Waals surface area contributed by atoms with Crippen molar-refractivity contribution >= 4 is 33.1 Å². The van der Waals surface area contributed by atoms with Gasteiger partial charge in [-0.15, -0.1) is 11.3 Å². The molecule has 0 spiro atoms. The molecule has 1 aromatic heterocycles. The lowest BCUT2D eigenvalue weighted by Gasteiger charge is -2.29. The molecule has 1 aromatic rings. The van der Waals surface area contributed by atoms with Gasteiger partial charge in [-0.25, -0.2) is 13.2 Å². The molecule has 2 heterocycles. The van der Waals surface area contributed by atoms with Crippen LogP contribution in [0.5, 0.6) is 0 Å². The van der Waals surface area contributed by atoms with E-state index >= 15 is 0 Å². The first kappa shape index (κ1) is 20.3. The molecule has 1 aliphatic heterocycles. The van der Waals surface area contributed by atoms with Crippen LogP contribution in [0.15, 0.2) is 6.07 Å². The van der Waals surface area contributed by atoms with Gasteiger partial charge in [-0.2, -0.15) is 0 Å². The lowest BCUT2D eigenvalue weighted by molar-refractivity contribution is -0.141.